The highest BCUT2D eigenvalue weighted by atomic mass is 32.2. The minimum atomic E-state index is -3.33. The number of hydrogen-bond donors (Lipinski definition) is 2. The minimum Gasteiger partial charge on any atom is -0.356 e. The molecule has 0 spiro atoms. The zero-order valence-corrected chi connectivity index (χ0v) is 15.8. The molecule has 0 amide bonds. The largest absolute Gasteiger partial charge is 0.356 e. The van der Waals surface area contributed by atoms with Crippen molar-refractivity contribution < 1.29 is 12.8 Å². The first-order valence-corrected chi connectivity index (χ1v) is 9.79. The summed E-state index contributed by atoms with van der Waals surface area (Å²) in [7, 11) is -1.85. The first-order valence-electron chi connectivity index (χ1n) is 7.54. The second-order valence-electron chi connectivity index (χ2n) is 5.65. The lowest BCUT2D eigenvalue weighted by molar-refractivity contribution is 0.600. The predicted octanol–water partition coefficient (Wildman–Crippen LogP) is 3.27. The minimum absolute atomic E-state index is 0.109. The van der Waals surface area contributed by atoms with Gasteiger partial charge in [0, 0.05) is 12.7 Å². The van der Waals surface area contributed by atoms with Crippen LogP contribution in [0.15, 0.2) is 48.5 Å². The van der Waals surface area contributed by atoms with Crippen molar-refractivity contribution in [3.8, 4) is 0 Å². The molecule has 0 fully saturated rings. The topological polar surface area (TPSA) is 61.4 Å². The number of rotatable bonds is 5. The van der Waals surface area contributed by atoms with Crippen molar-refractivity contribution in [2.24, 2.45) is 0 Å². The van der Waals surface area contributed by atoms with Crippen LogP contribution in [-0.4, -0.2) is 26.8 Å². The summed E-state index contributed by atoms with van der Waals surface area (Å²) in [5.74, 6) is -0.288. The van der Waals surface area contributed by atoms with Crippen molar-refractivity contribution in [3.63, 3.8) is 0 Å². The molecular weight excluding hydrogens is 361 g/mol. The van der Waals surface area contributed by atoms with Crippen LogP contribution < -0.4 is 14.9 Å². The van der Waals surface area contributed by atoms with E-state index in [1.165, 1.54) is 23.5 Å². The molecule has 0 aliphatic heterocycles. The van der Waals surface area contributed by atoms with Gasteiger partial charge in [-0.05, 0) is 55.0 Å². The Hall–Kier alpha value is -2.19. The number of nitrogens with one attached hydrogen (secondary N) is 2. The molecule has 0 saturated heterocycles. The molecule has 0 aliphatic carbocycles. The van der Waals surface area contributed by atoms with E-state index >= 15 is 0 Å². The number of hydrogen-bond acceptors (Lipinski definition) is 3. The van der Waals surface area contributed by atoms with Crippen molar-refractivity contribution in [2.45, 2.75) is 13.0 Å². The quantitative estimate of drug-likeness (QED) is 0.779. The zero-order valence-electron chi connectivity index (χ0n) is 14.2. The molecule has 0 aromatic heterocycles. The third kappa shape index (κ3) is 5.40. The highest BCUT2D eigenvalue weighted by Gasteiger charge is 2.13. The maximum Gasteiger partial charge on any atom is 0.231 e. The van der Waals surface area contributed by atoms with Gasteiger partial charge in [-0.3, -0.25) is 4.31 Å². The van der Waals surface area contributed by atoms with Crippen molar-refractivity contribution >= 4 is 38.7 Å². The molecule has 2 aromatic carbocycles. The molecule has 134 valence electrons. The normalized spacial score (nSPS) is 12.3. The lowest BCUT2D eigenvalue weighted by Crippen LogP contribution is -2.31. The van der Waals surface area contributed by atoms with Gasteiger partial charge in [-0.15, -0.1) is 0 Å². The second-order valence-corrected chi connectivity index (χ2v) is 8.07. The standard InChI is InChI=1S/C17H20FN3O2S2/c1-12(13-7-9-14(18)10-8-13)19-17(24)20-15-5-4-6-16(11-15)21(2)25(3,22)23/h4-12H,1-3H3,(H2,19,20,24)/t12-/m1/s1. The van der Waals surface area contributed by atoms with Gasteiger partial charge in [-0.1, -0.05) is 18.2 Å². The molecule has 0 radical (unpaired) electrons. The molecular formula is C17H20FN3O2S2. The maximum atomic E-state index is 13.0. The molecule has 0 heterocycles. The van der Waals surface area contributed by atoms with Crippen LogP contribution in [0.2, 0.25) is 0 Å². The van der Waals surface area contributed by atoms with Crippen molar-refractivity contribution in [1.82, 2.24) is 5.32 Å². The Kier molecular flexibility index (Phi) is 5.97. The predicted molar refractivity (Wildman–Crippen MR) is 104 cm³/mol. The van der Waals surface area contributed by atoms with E-state index in [0.29, 0.717) is 16.5 Å². The van der Waals surface area contributed by atoms with Gasteiger partial charge in [0.1, 0.15) is 5.82 Å². The average molecular weight is 381 g/mol. The third-order valence-electron chi connectivity index (χ3n) is 3.68. The van der Waals surface area contributed by atoms with Gasteiger partial charge < -0.3 is 10.6 Å². The zero-order chi connectivity index (χ0) is 18.6. The van der Waals surface area contributed by atoms with Crippen LogP contribution in [0.5, 0.6) is 0 Å². The monoisotopic (exact) mass is 381 g/mol. The average Bonchev–Trinajstić information content (AvgIpc) is 2.54. The second kappa shape index (κ2) is 7.79. The maximum absolute atomic E-state index is 13.0. The summed E-state index contributed by atoms with van der Waals surface area (Å²) in [6.45, 7) is 1.91. The van der Waals surface area contributed by atoms with E-state index in [-0.39, 0.29) is 11.9 Å². The summed E-state index contributed by atoms with van der Waals surface area (Å²) in [5, 5.41) is 6.52. The summed E-state index contributed by atoms with van der Waals surface area (Å²) in [6, 6.07) is 13.0. The molecule has 0 unspecified atom stereocenters. The SMILES string of the molecule is C[C@@H](NC(=S)Nc1cccc(N(C)S(C)(=O)=O)c1)c1ccc(F)cc1. The fraction of sp³-hybridized carbons (Fsp3) is 0.235. The lowest BCUT2D eigenvalue weighted by Gasteiger charge is -2.19. The Labute approximate surface area is 152 Å². The van der Waals surface area contributed by atoms with E-state index in [9.17, 15) is 12.8 Å². The molecule has 2 N–H and O–H groups in total. The van der Waals surface area contributed by atoms with E-state index in [2.05, 4.69) is 10.6 Å². The Morgan fingerprint density at radius 1 is 1.20 bits per heavy atom. The lowest BCUT2D eigenvalue weighted by atomic mass is 10.1. The van der Waals surface area contributed by atoms with E-state index in [4.69, 9.17) is 12.2 Å². The first kappa shape index (κ1) is 19.1. The molecule has 0 aliphatic rings. The van der Waals surface area contributed by atoms with Crippen LogP contribution in [0.4, 0.5) is 15.8 Å². The summed E-state index contributed by atoms with van der Waals surface area (Å²) in [5.41, 5.74) is 2.09. The van der Waals surface area contributed by atoms with E-state index in [0.717, 1.165) is 11.8 Å². The van der Waals surface area contributed by atoms with E-state index in [1.54, 1.807) is 36.4 Å². The van der Waals surface area contributed by atoms with Crippen LogP contribution in [0.1, 0.15) is 18.5 Å². The van der Waals surface area contributed by atoms with Gasteiger partial charge in [0.15, 0.2) is 5.11 Å². The van der Waals surface area contributed by atoms with Gasteiger partial charge in [0.25, 0.3) is 0 Å². The van der Waals surface area contributed by atoms with Crippen LogP contribution in [0.3, 0.4) is 0 Å². The Balaban J connectivity index is 2.04. The number of nitrogens with zero attached hydrogens (tertiary/aromatic N) is 1. The number of halogens is 1. The molecule has 0 bridgehead atoms. The van der Waals surface area contributed by atoms with E-state index < -0.39 is 10.0 Å². The molecule has 8 heteroatoms. The molecule has 0 saturated carbocycles. The Bertz CT molecular complexity index is 854. The van der Waals surface area contributed by atoms with Crippen LogP contribution in [0, 0.1) is 5.82 Å². The Morgan fingerprint density at radius 2 is 1.84 bits per heavy atom. The molecule has 1 atom stereocenters. The fourth-order valence-electron chi connectivity index (χ4n) is 2.17. The van der Waals surface area contributed by atoms with Crippen molar-refractivity contribution in [2.75, 3.05) is 22.9 Å². The summed E-state index contributed by atoms with van der Waals surface area (Å²) < 4.78 is 37.4. The van der Waals surface area contributed by atoms with Crippen molar-refractivity contribution in [3.05, 3.63) is 59.9 Å². The van der Waals surface area contributed by atoms with Crippen LogP contribution >= 0.6 is 12.2 Å². The molecule has 25 heavy (non-hydrogen) atoms. The van der Waals surface area contributed by atoms with Crippen LogP contribution in [-0.2, 0) is 10.0 Å². The smallest absolute Gasteiger partial charge is 0.231 e. The first-order chi connectivity index (χ1) is 11.7. The number of benzene rings is 2. The Morgan fingerprint density at radius 3 is 2.44 bits per heavy atom. The van der Waals surface area contributed by atoms with E-state index in [1.807, 2.05) is 6.92 Å². The number of sulfonamides is 1. The third-order valence-corrected chi connectivity index (χ3v) is 5.11. The fourth-order valence-corrected chi connectivity index (χ4v) is 2.96. The van der Waals surface area contributed by atoms with Gasteiger partial charge in [0.05, 0.1) is 18.0 Å². The molecule has 5 nitrogen and oxygen atoms in total. The molecule has 2 rings (SSSR count). The highest BCUT2D eigenvalue weighted by molar-refractivity contribution is 7.92. The van der Waals surface area contributed by atoms with Gasteiger partial charge in [0.2, 0.25) is 10.0 Å². The van der Waals surface area contributed by atoms with Crippen molar-refractivity contribution in [1.29, 1.82) is 0 Å². The van der Waals surface area contributed by atoms with Gasteiger partial charge in [-0.25, -0.2) is 12.8 Å². The molecule has 2 aromatic rings. The van der Waals surface area contributed by atoms with Gasteiger partial charge >= 0.3 is 0 Å². The number of anilines is 2. The summed E-state index contributed by atoms with van der Waals surface area (Å²) in [4.78, 5) is 0. The summed E-state index contributed by atoms with van der Waals surface area (Å²) in [6.07, 6.45) is 1.14. The van der Waals surface area contributed by atoms with Gasteiger partial charge in [-0.2, -0.15) is 0 Å². The number of thiocarbonyl (C=S) groups is 1. The van der Waals surface area contributed by atoms with Crippen LogP contribution in [0.25, 0.3) is 0 Å². The summed E-state index contributed by atoms with van der Waals surface area (Å²) >= 11 is 5.29. The highest BCUT2D eigenvalue weighted by Crippen LogP contribution is 2.20.